The zero-order chi connectivity index (χ0) is 24.0. The fourth-order valence-electron chi connectivity index (χ4n) is 4.43. The topological polar surface area (TPSA) is 69.7 Å². The van der Waals surface area contributed by atoms with Gasteiger partial charge in [-0.3, -0.25) is 9.59 Å². The van der Waals surface area contributed by atoms with E-state index in [2.05, 4.69) is 27.4 Å². The molecule has 1 saturated carbocycles. The fraction of sp³-hybridized carbons (Fsp3) is 0.393. The molecule has 2 aromatic carbocycles. The maximum absolute atomic E-state index is 13.0. The summed E-state index contributed by atoms with van der Waals surface area (Å²) in [5.74, 6) is 1.20. The predicted octanol–water partition coefficient (Wildman–Crippen LogP) is 5.41. The van der Waals surface area contributed by atoms with Crippen molar-refractivity contribution in [3.8, 4) is 5.75 Å². The fourth-order valence-corrected chi connectivity index (χ4v) is 4.43. The van der Waals surface area contributed by atoms with E-state index in [0.29, 0.717) is 34.5 Å². The standard InChI is InChI=1S/C28H32O5/c1-5-26(29)33-17-32-23-13-11-22(12-14-23)27(30)21-9-7-20(8-10-21)16-25-19(4)6-15-24(18(2)3)28(25)31/h5,7-14,18-19,24-25H,1,6,15-17H2,2-4H3/t19-,24+,25?/m1/s1. The van der Waals surface area contributed by atoms with Gasteiger partial charge in [0, 0.05) is 29.0 Å². The monoisotopic (exact) mass is 448 g/mol. The first-order valence-electron chi connectivity index (χ1n) is 11.5. The van der Waals surface area contributed by atoms with E-state index in [0.717, 1.165) is 30.9 Å². The van der Waals surface area contributed by atoms with Crippen LogP contribution >= 0.6 is 0 Å². The summed E-state index contributed by atoms with van der Waals surface area (Å²) >= 11 is 0. The molecule has 0 heterocycles. The zero-order valence-corrected chi connectivity index (χ0v) is 19.6. The number of Topliss-reactive ketones (excluding diaryl/α,β-unsaturated/α-hetero) is 1. The molecule has 0 radical (unpaired) electrons. The number of carbonyl (C=O) groups excluding carboxylic acids is 3. The van der Waals surface area contributed by atoms with Crippen molar-refractivity contribution in [2.75, 3.05) is 6.79 Å². The Morgan fingerprint density at radius 3 is 2.21 bits per heavy atom. The third kappa shape index (κ3) is 6.19. The quantitative estimate of drug-likeness (QED) is 0.222. The SMILES string of the molecule is C=CC(=O)OCOc1ccc(C(=O)c2ccc(CC3C(=O)[C@H](C(C)C)CC[C@H]3C)cc2)cc1. The lowest BCUT2D eigenvalue weighted by atomic mass is 9.68. The average Bonchev–Trinajstić information content (AvgIpc) is 2.81. The van der Waals surface area contributed by atoms with Gasteiger partial charge in [-0.2, -0.15) is 0 Å². The first-order chi connectivity index (χ1) is 15.8. The minimum atomic E-state index is -0.563. The number of hydrogen-bond donors (Lipinski definition) is 0. The highest BCUT2D eigenvalue weighted by Gasteiger charge is 2.37. The summed E-state index contributed by atoms with van der Waals surface area (Å²) in [6, 6.07) is 14.2. The van der Waals surface area contributed by atoms with Crippen LogP contribution in [-0.4, -0.2) is 24.3 Å². The summed E-state index contributed by atoms with van der Waals surface area (Å²) in [5, 5.41) is 0. The van der Waals surface area contributed by atoms with Crippen molar-refractivity contribution in [3.05, 3.63) is 77.9 Å². The molecule has 0 aliphatic heterocycles. The van der Waals surface area contributed by atoms with Gasteiger partial charge < -0.3 is 9.47 Å². The molecule has 0 N–H and O–H groups in total. The number of hydrogen-bond acceptors (Lipinski definition) is 5. The summed E-state index contributed by atoms with van der Waals surface area (Å²) in [6.07, 6.45) is 3.87. The van der Waals surface area contributed by atoms with Crippen molar-refractivity contribution < 1.29 is 23.9 Å². The molecule has 1 aliphatic carbocycles. The molecular weight excluding hydrogens is 416 g/mol. The average molecular weight is 449 g/mol. The molecule has 2 aromatic rings. The Labute approximate surface area is 195 Å². The van der Waals surface area contributed by atoms with Gasteiger partial charge in [-0.15, -0.1) is 0 Å². The molecule has 0 saturated heterocycles. The Hall–Kier alpha value is -3.21. The second-order valence-electron chi connectivity index (χ2n) is 9.10. The van der Waals surface area contributed by atoms with Gasteiger partial charge in [0.05, 0.1) is 0 Å². The molecule has 1 aliphatic rings. The first kappa shape index (κ1) is 24.4. The van der Waals surface area contributed by atoms with Crippen molar-refractivity contribution in [2.24, 2.45) is 23.7 Å². The highest BCUT2D eigenvalue weighted by molar-refractivity contribution is 6.09. The predicted molar refractivity (Wildman–Crippen MR) is 127 cm³/mol. The smallest absolute Gasteiger partial charge is 0.333 e. The van der Waals surface area contributed by atoms with Gasteiger partial charge in [0.1, 0.15) is 11.5 Å². The molecule has 174 valence electrons. The molecule has 3 rings (SSSR count). The Kier molecular flexibility index (Phi) is 8.21. The van der Waals surface area contributed by atoms with Crippen LogP contribution in [0.3, 0.4) is 0 Å². The van der Waals surface area contributed by atoms with Gasteiger partial charge in [0.2, 0.25) is 6.79 Å². The number of carbonyl (C=O) groups is 3. The number of ether oxygens (including phenoxy) is 2. The van der Waals surface area contributed by atoms with Gasteiger partial charge >= 0.3 is 5.97 Å². The Morgan fingerprint density at radius 2 is 1.64 bits per heavy atom. The summed E-state index contributed by atoms with van der Waals surface area (Å²) in [6.45, 7) is 9.53. The van der Waals surface area contributed by atoms with Crippen molar-refractivity contribution in [2.45, 2.75) is 40.0 Å². The van der Waals surface area contributed by atoms with Crippen molar-refractivity contribution in [1.82, 2.24) is 0 Å². The molecule has 3 atom stereocenters. The molecule has 0 bridgehead atoms. The normalized spacial score (nSPS) is 20.4. The molecule has 0 amide bonds. The van der Waals surface area contributed by atoms with Gasteiger partial charge in [-0.1, -0.05) is 51.6 Å². The van der Waals surface area contributed by atoms with E-state index in [9.17, 15) is 14.4 Å². The van der Waals surface area contributed by atoms with Crippen LogP contribution < -0.4 is 4.74 Å². The van der Waals surface area contributed by atoms with Crippen molar-refractivity contribution in [3.63, 3.8) is 0 Å². The van der Waals surface area contributed by atoms with Crippen LogP contribution in [0, 0.1) is 23.7 Å². The summed E-state index contributed by atoms with van der Waals surface area (Å²) in [4.78, 5) is 36.9. The van der Waals surface area contributed by atoms with Gasteiger partial charge in [0.15, 0.2) is 5.78 Å². The van der Waals surface area contributed by atoms with Crippen molar-refractivity contribution >= 4 is 17.5 Å². The van der Waals surface area contributed by atoms with E-state index >= 15 is 0 Å². The third-order valence-corrected chi connectivity index (χ3v) is 6.54. The van der Waals surface area contributed by atoms with E-state index in [1.807, 2.05) is 24.3 Å². The highest BCUT2D eigenvalue weighted by atomic mass is 16.7. The number of esters is 1. The summed E-state index contributed by atoms with van der Waals surface area (Å²) < 4.78 is 10.1. The van der Waals surface area contributed by atoms with Crippen molar-refractivity contribution in [1.29, 1.82) is 0 Å². The van der Waals surface area contributed by atoms with E-state index < -0.39 is 5.97 Å². The van der Waals surface area contributed by atoms with Crippen LogP contribution in [0.1, 0.15) is 55.1 Å². The summed E-state index contributed by atoms with van der Waals surface area (Å²) in [7, 11) is 0. The maximum atomic E-state index is 13.0. The van der Waals surface area contributed by atoms with Gasteiger partial charge in [-0.05, 0) is 60.9 Å². The minimum Gasteiger partial charge on any atom is -0.457 e. The molecule has 0 aromatic heterocycles. The van der Waals surface area contributed by atoms with E-state index in [1.165, 1.54) is 0 Å². The molecule has 1 unspecified atom stereocenters. The van der Waals surface area contributed by atoms with Crippen LogP contribution in [0.5, 0.6) is 5.75 Å². The van der Waals surface area contributed by atoms with E-state index in [1.54, 1.807) is 24.3 Å². The summed E-state index contributed by atoms with van der Waals surface area (Å²) in [5.41, 5.74) is 2.21. The molecule has 5 heteroatoms. The maximum Gasteiger partial charge on any atom is 0.333 e. The Balaban J connectivity index is 1.61. The second kappa shape index (κ2) is 11.1. The van der Waals surface area contributed by atoms with E-state index in [4.69, 9.17) is 9.47 Å². The zero-order valence-electron chi connectivity index (χ0n) is 19.6. The van der Waals surface area contributed by atoms with Gasteiger partial charge in [0.25, 0.3) is 0 Å². The Morgan fingerprint density at radius 1 is 1.03 bits per heavy atom. The van der Waals surface area contributed by atoms with E-state index in [-0.39, 0.29) is 24.4 Å². The second-order valence-corrected chi connectivity index (χ2v) is 9.10. The largest absolute Gasteiger partial charge is 0.457 e. The lowest BCUT2D eigenvalue weighted by Gasteiger charge is -2.35. The van der Waals surface area contributed by atoms with Crippen LogP contribution in [0.15, 0.2) is 61.2 Å². The molecule has 33 heavy (non-hydrogen) atoms. The lowest BCUT2D eigenvalue weighted by Crippen LogP contribution is -2.37. The number of ketones is 2. The Bertz CT molecular complexity index is 988. The van der Waals surface area contributed by atoms with Crippen LogP contribution in [0.4, 0.5) is 0 Å². The number of benzene rings is 2. The van der Waals surface area contributed by atoms with Gasteiger partial charge in [-0.25, -0.2) is 4.79 Å². The molecule has 1 fully saturated rings. The third-order valence-electron chi connectivity index (χ3n) is 6.54. The lowest BCUT2D eigenvalue weighted by molar-refractivity contribution is -0.144. The van der Waals surface area contributed by atoms with Crippen LogP contribution in [-0.2, 0) is 20.7 Å². The van der Waals surface area contributed by atoms with Crippen LogP contribution in [0.25, 0.3) is 0 Å². The minimum absolute atomic E-state index is 0.0472. The molecule has 5 nitrogen and oxygen atoms in total. The molecular formula is C28H32O5. The molecule has 0 spiro atoms. The first-order valence-corrected chi connectivity index (χ1v) is 11.5. The number of rotatable bonds is 9. The highest BCUT2D eigenvalue weighted by Crippen LogP contribution is 2.36. The van der Waals surface area contributed by atoms with Crippen LogP contribution in [0.2, 0.25) is 0 Å².